The highest BCUT2D eigenvalue weighted by Crippen LogP contribution is 2.38. The van der Waals surface area contributed by atoms with Gasteiger partial charge in [0.1, 0.15) is 0 Å². The van der Waals surface area contributed by atoms with Crippen LogP contribution in [-0.2, 0) is 24.4 Å². The highest BCUT2D eigenvalue weighted by molar-refractivity contribution is 7.89. The molecule has 158 valence electrons. The maximum atomic E-state index is 12.5. The highest BCUT2D eigenvalue weighted by atomic mass is 32.2. The van der Waals surface area contributed by atoms with Crippen LogP contribution in [-0.4, -0.2) is 56.0 Å². The first-order valence-electron chi connectivity index (χ1n) is 9.81. The molecule has 0 aromatic heterocycles. The van der Waals surface area contributed by atoms with Gasteiger partial charge in [-0.3, -0.25) is 19.3 Å². The maximum absolute atomic E-state index is 12.5. The number of anilines is 1. The Labute approximate surface area is 171 Å². The lowest BCUT2D eigenvalue weighted by molar-refractivity contribution is -0.140. The zero-order chi connectivity index (χ0) is 21.3. The number of nitrogens with one attached hydrogen (secondary N) is 1. The predicted octanol–water partition coefficient (Wildman–Crippen LogP) is 1.75. The number of nitrogens with zero attached hydrogens (tertiary/aromatic N) is 2. The lowest BCUT2D eigenvalue weighted by Gasteiger charge is -2.19. The van der Waals surface area contributed by atoms with E-state index in [9.17, 15) is 22.8 Å². The van der Waals surface area contributed by atoms with Crippen molar-refractivity contribution in [3.63, 3.8) is 0 Å². The smallest absolute Gasteiger partial charge is 0.242 e. The van der Waals surface area contributed by atoms with Gasteiger partial charge in [0.15, 0.2) is 0 Å². The van der Waals surface area contributed by atoms with Gasteiger partial charge in [-0.05, 0) is 37.5 Å². The Kier molecular flexibility index (Phi) is 6.09. The molecule has 1 aromatic rings. The van der Waals surface area contributed by atoms with Crippen molar-refractivity contribution in [3.05, 3.63) is 23.8 Å². The van der Waals surface area contributed by atoms with Crippen LogP contribution >= 0.6 is 0 Å². The Bertz CT molecular complexity index is 917. The van der Waals surface area contributed by atoms with E-state index in [-0.39, 0.29) is 47.4 Å². The molecule has 2 fully saturated rings. The molecule has 2 unspecified atom stereocenters. The third-order valence-electron chi connectivity index (χ3n) is 5.76. The minimum absolute atomic E-state index is 0.0268. The van der Waals surface area contributed by atoms with Crippen LogP contribution in [0.3, 0.4) is 0 Å². The minimum Gasteiger partial charge on any atom is -0.326 e. The first kappa shape index (κ1) is 21.4. The van der Waals surface area contributed by atoms with E-state index in [0.717, 1.165) is 35.6 Å². The van der Waals surface area contributed by atoms with E-state index < -0.39 is 10.0 Å². The Morgan fingerprint density at radius 1 is 1.14 bits per heavy atom. The Balaban J connectivity index is 1.66. The Hall–Kier alpha value is -2.26. The highest BCUT2D eigenvalue weighted by Gasteiger charge is 2.47. The van der Waals surface area contributed by atoms with Gasteiger partial charge in [-0.15, -0.1) is 0 Å². The fourth-order valence-electron chi connectivity index (χ4n) is 3.98. The average molecular weight is 422 g/mol. The molecule has 0 bridgehead atoms. The molecule has 2 atom stereocenters. The topological polar surface area (TPSA) is 104 Å². The number of benzene rings is 1. The molecule has 9 heteroatoms. The number of aryl methyl sites for hydroxylation is 1. The summed E-state index contributed by atoms with van der Waals surface area (Å²) in [5, 5.41) is 2.71. The summed E-state index contributed by atoms with van der Waals surface area (Å²) in [7, 11) is -0.740. The van der Waals surface area contributed by atoms with Crippen LogP contribution in [0.5, 0.6) is 0 Å². The summed E-state index contributed by atoms with van der Waals surface area (Å²) in [6.45, 7) is 1.81. The van der Waals surface area contributed by atoms with Gasteiger partial charge in [0.25, 0.3) is 0 Å². The minimum atomic E-state index is -3.62. The molecule has 8 nitrogen and oxygen atoms in total. The molecule has 1 aromatic carbocycles. The lowest BCUT2D eigenvalue weighted by Crippen LogP contribution is -2.34. The molecular weight excluding hydrogens is 394 g/mol. The van der Waals surface area contributed by atoms with Gasteiger partial charge in [0.05, 0.1) is 16.7 Å². The third kappa shape index (κ3) is 4.20. The summed E-state index contributed by atoms with van der Waals surface area (Å²) in [5.41, 5.74) is 1.11. The van der Waals surface area contributed by atoms with Gasteiger partial charge in [-0.1, -0.05) is 18.9 Å². The van der Waals surface area contributed by atoms with E-state index in [1.165, 1.54) is 31.1 Å². The number of likely N-dealkylation sites (tertiary alicyclic amines) is 1. The molecule has 0 spiro atoms. The number of fused-ring (bicyclic) bond motifs is 1. The number of rotatable bonds is 6. The number of amides is 3. The quantitative estimate of drug-likeness (QED) is 0.705. The second kappa shape index (κ2) is 8.23. The summed E-state index contributed by atoms with van der Waals surface area (Å²) in [4.78, 5) is 38.7. The summed E-state index contributed by atoms with van der Waals surface area (Å²) >= 11 is 0. The second-order valence-electron chi connectivity index (χ2n) is 7.89. The average Bonchev–Trinajstić information content (AvgIpc) is 2.92. The molecule has 3 rings (SSSR count). The zero-order valence-electron chi connectivity index (χ0n) is 17.0. The molecule has 1 N–H and O–H groups in total. The van der Waals surface area contributed by atoms with Crippen molar-refractivity contribution in [1.29, 1.82) is 0 Å². The molecule has 29 heavy (non-hydrogen) atoms. The summed E-state index contributed by atoms with van der Waals surface area (Å²) in [6.07, 6.45) is 3.37. The number of carbonyl (C=O) groups excluding carboxylic acids is 3. The fourth-order valence-corrected chi connectivity index (χ4v) is 4.91. The van der Waals surface area contributed by atoms with Crippen LogP contribution in [0.25, 0.3) is 0 Å². The molecule has 3 amide bonds. The predicted molar refractivity (Wildman–Crippen MR) is 107 cm³/mol. The summed E-state index contributed by atoms with van der Waals surface area (Å²) in [5.74, 6) is -1.16. The van der Waals surface area contributed by atoms with Crippen molar-refractivity contribution in [3.8, 4) is 0 Å². The van der Waals surface area contributed by atoms with Gasteiger partial charge < -0.3 is 5.32 Å². The van der Waals surface area contributed by atoms with Crippen LogP contribution in [0.4, 0.5) is 5.69 Å². The number of imide groups is 1. The zero-order valence-corrected chi connectivity index (χ0v) is 17.8. The Morgan fingerprint density at radius 3 is 2.28 bits per heavy atom. The van der Waals surface area contributed by atoms with Gasteiger partial charge in [-0.25, -0.2) is 12.7 Å². The van der Waals surface area contributed by atoms with Gasteiger partial charge in [-0.2, -0.15) is 0 Å². The number of hydrogen-bond donors (Lipinski definition) is 1. The van der Waals surface area contributed by atoms with Gasteiger partial charge >= 0.3 is 0 Å². The van der Waals surface area contributed by atoms with Gasteiger partial charge in [0, 0.05) is 32.7 Å². The third-order valence-corrected chi connectivity index (χ3v) is 7.57. The van der Waals surface area contributed by atoms with Crippen molar-refractivity contribution in [2.75, 3.05) is 26.0 Å². The lowest BCUT2D eigenvalue weighted by atomic mass is 9.81. The molecule has 2 aliphatic rings. The van der Waals surface area contributed by atoms with Crippen LogP contribution in [0, 0.1) is 18.8 Å². The molecule has 1 aliphatic carbocycles. The van der Waals surface area contributed by atoms with E-state index in [1.807, 2.05) is 0 Å². The van der Waals surface area contributed by atoms with Crippen LogP contribution in [0.15, 0.2) is 23.1 Å². The van der Waals surface area contributed by atoms with Crippen molar-refractivity contribution in [2.24, 2.45) is 11.8 Å². The van der Waals surface area contributed by atoms with E-state index in [0.29, 0.717) is 5.69 Å². The first-order chi connectivity index (χ1) is 13.6. The first-order valence-corrected chi connectivity index (χ1v) is 11.2. The Morgan fingerprint density at radius 2 is 1.72 bits per heavy atom. The van der Waals surface area contributed by atoms with E-state index in [4.69, 9.17) is 0 Å². The normalized spacial score (nSPS) is 22.1. The number of carbonyl (C=O) groups is 3. The molecule has 1 aliphatic heterocycles. The van der Waals surface area contributed by atoms with Crippen molar-refractivity contribution in [1.82, 2.24) is 9.21 Å². The molecule has 0 radical (unpaired) electrons. The monoisotopic (exact) mass is 421 g/mol. The maximum Gasteiger partial charge on any atom is 0.242 e. The largest absolute Gasteiger partial charge is 0.326 e. The molecular formula is C20H27N3O5S. The second-order valence-corrected chi connectivity index (χ2v) is 10.0. The van der Waals surface area contributed by atoms with Crippen LogP contribution < -0.4 is 5.32 Å². The fraction of sp³-hybridized carbons (Fsp3) is 0.550. The van der Waals surface area contributed by atoms with E-state index >= 15 is 0 Å². The number of sulfonamides is 1. The van der Waals surface area contributed by atoms with Crippen molar-refractivity contribution >= 4 is 33.4 Å². The van der Waals surface area contributed by atoms with E-state index in [2.05, 4.69) is 5.32 Å². The summed E-state index contributed by atoms with van der Waals surface area (Å²) in [6, 6.07) is 4.54. The van der Waals surface area contributed by atoms with E-state index in [1.54, 1.807) is 13.0 Å². The molecule has 1 saturated carbocycles. The van der Waals surface area contributed by atoms with Crippen molar-refractivity contribution in [2.45, 2.75) is 43.9 Å². The number of hydrogen-bond acceptors (Lipinski definition) is 5. The van der Waals surface area contributed by atoms with Gasteiger partial charge in [0.2, 0.25) is 27.7 Å². The SMILES string of the molecule is Cc1ccc(S(=O)(=O)N(C)C)cc1NC(=O)CCN1C(=O)C2CCCCC2C1=O. The molecule has 1 heterocycles. The standard InChI is InChI=1S/C20H27N3O5S/c1-13-8-9-14(29(27,28)22(2)3)12-17(13)21-18(24)10-11-23-19(25)15-6-4-5-7-16(15)20(23)26/h8-9,12,15-16H,4-7,10-11H2,1-3H3,(H,21,24). The van der Waals surface area contributed by atoms with Crippen molar-refractivity contribution < 1.29 is 22.8 Å². The molecule has 1 saturated heterocycles. The summed E-state index contributed by atoms with van der Waals surface area (Å²) < 4.78 is 25.7. The van der Waals surface area contributed by atoms with Crippen LogP contribution in [0.1, 0.15) is 37.7 Å². The van der Waals surface area contributed by atoms with Crippen LogP contribution in [0.2, 0.25) is 0 Å².